The number of halogens is 1. The van der Waals surface area contributed by atoms with Gasteiger partial charge in [0.2, 0.25) is 5.91 Å². The van der Waals surface area contributed by atoms with Crippen LogP contribution in [0.4, 0.5) is 0 Å². The van der Waals surface area contributed by atoms with Crippen molar-refractivity contribution in [1.82, 2.24) is 5.32 Å². The molecule has 5 heteroatoms. The molecule has 0 saturated carbocycles. The van der Waals surface area contributed by atoms with E-state index in [9.17, 15) is 4.79 Å². The molecule has 0 aliphatic rings. The SMILES string of the molecule is C[C@H](CN)NC(=O)[C@H](C)N.Cl. The molecule has 11 heavy (non-hydrogen) atoms. The van der Waals surface area contributed by atoms with Crippen molar-refractivity contribution in [2.24, 2.45) is 11.5 Å². The number of carbonyl (C=O) groups is 1. The maximum absolute atomic E-state index is 10.8. The normalized spacial score (nSPS) is 14.5. The van der Waals surface area contributed by atoms with Gasteiger partial charge in [-0.3, -0.25) is 4.79 Å². The van der Waals surface area contributed by atoms with E-state index in [1.165, 1.54) is 0 Å². The Morgan fingerprint density at radius 3 is 2.27 bits per heavy atom. The van der Waals surface area contributed by atoms with E-state index >= 15 is 0 Å². The predicted octanol–water partition coefficient (Wildman–Crippen LogP) is -0.781. The summed E-state index contributed by atoms with van der Waals surface area (Å²) in [6, 6.07) is -0.438. The lowest BCUT2D eigenvalue weighted by molar-refractivity contribution is -0.122. The van der Waals surface area contributed by atoms with E-state index in [4.69, 9.17) is 11.5 Å². The molecule has 0 aromatic rings. The second-order valence-electron chi connectivity index (χ2n) is 2.43. The van der Waals surface area contributed by atoms with Gasteiger partial charge in [0.05, 0.1) is 6.04 Å². The minimum absolute atomic E-state index is 0. The van der Waals surface area contributed by atoms with E-state index in [-0.39, 0.29) is 24.4 Å². The lowest BCUT2D eigenvalue weighted by Crippen LogP contribution is -2.45. The highest BCUT2D eigenvalue weighted by molar-refractivity contribution is 5.85. The molecule has 0 aliphatic carbocycles. The van der Waals surface area contributed by atoms with Gasteiger partial charge in [0.1, 0.15) is 0 Å². The van der Waals surface area contributed by atoms with Gasteiger partial charge in [-0.1, -0.05) is 0 Å². The molecule has 0 fully saturated rings. The first-order valence-corrected chi connectivity index (χ1v) is 3.34. The zero-order chi connectivity index (χ0) is 8.15. The van der Waals surface area contributed by atoms with Gasteiger partial charge >= 0.3 is 0 Å². The molecule has 0 saturated heterocycles. The Hall–Kier alpha value is -0.320. The molecule has 0 unspecified atom stereocenters. The molecule has 0 bridgehead atoms. The first-order chi connectivity index (χ1) is 4.57. The van der Waals surface area contributed by atoms with Crippen molar-refractivity contribution in [3.8, 4) is 0 Å². The zero-order valence-electron chi connectivity index (χ0n) is 6.83. The molecule has 4 nitrogen and oxygen atoms in total. The molecular formula is C6H16ClN3O. The van der Waals surface area contributed by atoms with Crippen LogP contribution in [0.15, 0.2) is 0 Å². The summed E-state index contributed by atoms with van der Waals surface area (Å²) in [7, 11) is 0. The smallest absolute Gasteiger partial charge is 0.236 e. The monoisotopic (exact) mass is 181 g/mol. The summed E-state index contributed by atoms with van der Waals surface area (Å²) >= 11 is 0. The number of amides is 1. The number of nitrogens with two attached hydrogens (primary N) is 2. The van der Waals surface area contributed by atoms with Gasteiger partial charge in [-0.15, -0.1) is 12.4 Å². The number of nitrogens with one attached hydrogen (secondary N) is 1. The molecule has 0 aromatic heterocycles. The molecule has 68 valence electrons. The quantitative estimate of drug-likeness (QED) is 0.534. The molecule has 0 heterocycles. The van der Waals surface area contributed by atoms with Crippen molar-refractivity contribution < 1.29 is 4.79 Å². The van der Waals surface area contributed by atoms with Crippen molar-refractivity contribution in [1.29, 1.82) is 0 Å². The first kappa shape index (κ1) is 13.3. The number of carbonyl (C=O) groups excluding carboxylic acids is 1. The van der Waals surface area contributed by atoms with E-state index < -0.39 is 6.04 Å². The second-order valence-corrected chi connectivity index (χ2v) is 2.43. The van der Waals surface area contributed by atoms with E-state index in [1.54, 1.807) is 6.92 Å². The number of hydrogen-bond donors (Lipinski definition) is 3. The van der Waals surface area contributed by atoms with Crippen LogP contribution in [0, 0.1) is 0 Å². The van der Waals surface area contributed by atoms with Gasteiger partial charge in [0.25, 0.3) is 0 Å². The Kier molecular flexibility index (Phi) is 7.72. The van der Waals surface area contributed by atoms with Gasteiger partial charge in [-0.25, -0.2) is 0 Å². The largest absolute Gasteiger partial charge is 0.351 e. The third-order valence-electron chi connectivity index (χ3n) is 1.16. The topological polar surface area (TPSA) is 81.1 Å². The van der Waals surface area contributed by atoms with Crippen molar-refractivity contribution >= 4 is 18.3 Å². The van der Waals surface area contributed by atoms with Crippen LogP contribution in [-0.2, 0) is 4.79 Å². The molecule has 1 amide bonds. The highest BCUT2D eigenvalue weighted by Crippen LogP contribution is 1.79. The standard InChI is InChI=1S/C6H15N3O.ClH/c1-4(3-7)9-6(10)5(2)8;/h4-5H,3,7-8H2,1-2H3,(H,9,10);1H/t4-,5+;/m1./s1. The van der Waals surface area contributed by atoms with E-state index in [0.29, 0.717) is 6.54 Å². The van der Waals surface area contributed by atoms with Crippen LogP contribution in [0.3, 0.4) is 0 Å². The molecule has 2 atom stereocenters. The van der Waals surface area contributed by atoms with Gasteiger partial charge in [-0.2, -0.15) is 0 Å². The van der Waals surface area contributed by atoms with Crippen molar-refractivity contribution in [2.75, 3.05) is 6.54 Å². The van der Waals surface area contributed by atoms with Gasteiger partial charge in [-0.05, 0) is 13.8 Å². The summed E-state index contributed by atoms with van der Waals surface area (Å²) in [6.07, 6.45) is 0. The highest BCUT2D eigenvalue weighted by atomic mass is 35.5. The summed E-state index contributed by atoms with van der Waals surface area (Å²) in [5.74, 6) is -0.155. The van der Waals surface area contributed by atoms with E-state index in [2.05, 4.69) is 5.32 Å². The Balaban J connectivity index is 0. The van der Waals surface area contributed by atoms with Crippen LogP contribution in [0.1, 0.15) is 13.8 Å². The van der Waals surface area contributed by atoms with Crippen LogP contribution < -0.4 is 16.8 Å². The Bertz CT molecular complexity index is 118. The van der Waals surface area contributed by atoms with Gasteiger partial charge in [0.15, 0.2) is 0 Å². The molecule has 0 aromatic carbocycles. The van der Waals surface area contributed by atoms with Crippen LogP contribution in [-0.4, -0.2) is 24.5 Å². The first-order valence-electron chi connectivity index (χ1n) is 3.34. The third kappa shape index (κ3) is 6.09. The maximum atomic E-state index is 10.8. The minimum atomic E-state index is -0.450. The van der Waals surface area contributed by atoms with Crippen LogP contribution in [0.5, 0.6) is 0 Å². The van der Waals surface area contributed by atoms with Crippen LogP contribution >= 0.6 is 12.4 Å². The van der Waals surface area contributed by atoms with Gasteiger partial charge in [0, 0.05) is 12.6 Å². The second kappa shape index (κ2) is 6.39. The Morgan fingerprint density at radius 1 is 1.55 bits per heavy atom. The lowest BCUT2D eigenvalue weighted by atomic mass is 10.3. The Morgan fingerprint density at radius 2 is 2.00 bits per heavy atom. The maximum Gasteiger partial charge on any atom is 0.236 e. The van der Waals surface area contributed by atoms with Crippen LogP contribution in [0.2, 0.25) is 0 Å². The fraction of sp³-hybridized carbons (Fsp3) is 0.833. The average molecular weight is 182 g/mol. The molecule has 5 N–H and O–H groups in total. The lowest BCUT2D eigenvalue weighted by Gasteiger charge is -2.12. The summed E-state index contributed by atoms with van der Waals surface area (Å²) in [5.41, 5.74) is 10.6. The molecular weight excluding hydrogens is 166 g/mol. The summed E-state index contributed by atoms with van der Waals surface area (Å²) in [6.45, 7) is 3.91. The highest BCUT2D eigenvalue weighted by Gasteiger charge is 2.08. The summed E-state index contributed by atoms with van der Waals surface area (Å²) < 4.78 is 0. The number of rotatable bonds is 3. The molecule has 0 rings (SSSR count). The van der Waals surface area contributed by atoms with Crippen molar-refractivity contribution in [3.05, 3.63) is 0 Å². The summed E-state index contributed by atoms with van der Waals surface area (Å²) in [4.78, 5) is 10.8. The third-order valence-corrected chi connectivity index (χ3v) is 1.16. The summed E-state index contributed by atoms with van der Waals surface area (Å²) in [5, 5.41) is 2.64. The average Bonchev–Trinajstić information content (AvgIpc) is 1.87. The van der Waals surface area contributed by atoms with Crippen molar-refractivity contribution in [3.63, 3.8) is 0 Å². The van der Waals surface area contributed by atoms with Crippen molar-refractivity contribution in [2.45, 2.75) is 25.9 Å². The Labute approximate surface area is 73.1 Å². The fourth-order valence-corrected chi connectivity index (χ4v) is 0.433. The minimum Gasteiger partial charge on any atom is -0.351 e. The zero-order valence-corrected chi connectivity index (χ0v) is 7.65. The molecule has 0 spiro atoms. The predicted molar refractivity (Wildman–Crippen MR) is 47.6 cm³/mol. The molecule has 0 aliphatic heterocycles. The molecule has 0 radical (unpaired) electrons. The fourth-order valence-electron chi connectivity index (χ4n) is 0.433. The number of hydrogen-bond acceptors (Lipinski definition) is 3. The van der Waals surface area contributed by atoms with E-state index in [0.717, 1.165) is 0 Å². The van der Waals surface area contributed by atoms with Gasteiger partial charge < -0.3 is 16.8 Å². The van der Waals surface area contributed by atoms with E-state index in [1.807, 2.05) is 6.92 Å². The van der Waals surface area contributed by atoms with Crippen LogP contribution in [0.25, 0.3) is 0 Å².